The van der Waals surface area contributed by atoms with E-state index in [9.17, 15) is 9.59 Å². The monoisotopic (exact) mass is 257 g/mol. The lowest BCUT2D eigenvalue weighted by molar-refractivity contribution is -0.125. The van der Waals surface area contributed by atoms with E-state index in [4.69, 9.17) is 11.5 Å². The van der Waals surface area contributed by atoms with Crippen molar-refractivity contribution in [3.8, 4) is 0 Å². The zero-order valence-electron chi connectivity index (χ0n) is 10.8. The van der Waals surface area contributed by atoms with Crippen molar-refractivity contribution in [1.82, 2.24) is 10.6 Å². The molecule has 104 valence electrons. The molecule has 2 amide bonds. The third-order valence-corrected chi connectivity index (χ3v) is 2.36. The molecule has 0 saturated heterocycles. The number of guanidine groups is 1. The van der Waals surface area contributed by atoms with E-state index < -0.39 is 6.04 Å². The zero-order valence-corrected chi connectivity index (χ0v) is 10.8. The van der Waals surface area contributed by atoms with Gasteiger partial charge in [0.05, 0.1) is 0 Å². The Hall–Kier alpha value is -1.79. The van der Waals surface area contributed by atoms with Gasteiger partial charge in [0.25, 0.3) is 0 Å². The lowest BCUT2D eigenvalue weighted by Crippen LogP contribution is -2.44. The molecule has 0 aliphatic heterocycles. The van der Waals surface area contributed by atoms with Crippen LogP contribution in [0.3, 0.4) is 0 Å². The number of nitrogens with zero attached hydrogens (tertiary/aromatic N) is 1. The Labute approximate surface area is 107 Å². The van der Waals surface area contributed by atoms with Gasteiger partial charge in [0.1, 0.15) is 6.04 Å². The van der Waals surface area contributed by atoms with Gasteiger partial charge in [-0.25, -0.2) is 0 Å². The highest BCUT2D eigenvalue weighted by molar-refractivity contribution is 5.83. The van der Waals surface area contributed by atoms with Gasteiger partial charge in [-0.1, -0.05) is 13.3 Å². The fraction of sp³-hybridized carbons (Fsp3) is 0.727. The van der Waals surface area contributed by atoms with Crippen molar-refractivity contribution in [2.24, 2.45) is 16.5 Å². The first kappa shape index (κ1) is 16.2. The Morgan fingerprint density at radius 2 is 2.11 bits per heavy atom. The zero-order chi connectivity index (χ0) is 13.8. The number of unbranched alkanes of at least 4 members (excludes halogenated alkanes) is 1. The second kappa shape index (κ2) is 10.4. The molecule has 0 spiro atoms. The molecule has 0 heterocycles. The Kier molecular flexibility index (Phi) is 9.34. The molecule has 0 aliphatic rings. The molecule has 0 bridgehead atoms. The number of rotatable bonds is 10. The van der Waals surface area contributed by atoms with Crippen molar-refractivity contribution in [2.45, 2.75) is 38.6 Å². The van der Waals surface area contributed by atoms with Crippen molar-refractivity contribution >= 4 is 18.3 Å². The van der Waals surface area contributed by atoms with Gasteiger partial charge in [-0.2, -0.15) is 0 Å². The van der Waals surface area contributed by atoms with E-state index in [1.165, 1.54) is 0 Å². The third-order valence-electron chi connectivity index (χ3n) is 2.36. The third kappa shape index (κ3) is 8.37. The minimum atomic E-state index is -0.520. The van der Waals surface area contributed by atoms with E-state index in [1.807, 2.05) is 6.92 Å². The number of nitrogens with two attached hydrogens (primary N) is 2. The van der Waals surface area contributed by atoms with E-state index in [-0.39, 0.29) is 11.9 Å². The summed E-state index contributed by atoms with van der Waals surface area (Å²) < 4.78 is 0. The number of nitrogens with one attached hydrogen (secondary N) is 2. The number of amides is 2. The number of carbonyl (C=O) groups is 2. The molecule has 0 aliphatic carbocycles. The molecule has 7 nitrogen and oxygen atoms in total. The maximum absolute atomic E-state index is 11.7. The van der Waals surface area contributed by atoms with Gasteiger partial charge in [0, 0.05) is 13.1 Å². The molecule has 1 unspecified atom stereocenters. The number of hydrogen-bond acceptors (Lipinski definition) is 3. The smallest absolute Gasteiger partial charge is 0.242 e. The molecule has 7 heteroatoms. The highest BCUT2D eigenvalue weighted by atomic mass is 16.2. The number of hydrogen-bond donors (Lipinski definition) is 4. The first-order chi connectivity index (χ1) is 8.61. The molecule has 6 N–H and O–H groups in total. The molecule has 0 aromatic carbocycles. The van der Waals surface area contributed by atoms with Gasteiger partial charge in [-0.15, -0.1) is 0 Å². The van der Waals surface area contributed by atoms with Crippen LogP contribution in [0.2, 0.25) is 0 Å². The van der Waals surface area contributed by atoms with E-state index in [0.29, 0.717) is 32.3 Å². The molecule has 18 heavy (non-hydrogen) atoms. The summed E-state index contributed by atoms with van der Waals surface area (Å²) in [5.74, 6) is -0.137. The van der Waals surface area contributed by atoms with Gasteiger partial charge in [0.15, 0.2) is 5.96 Å². The summed E-state index contributed by atoms with van der Waals surface area (Å²) in [5, 5.41) is 5.27. The average molecular weight is 257 g/mol. The summed E-state index contributed by atoms with van der Waals surface area (Å²) in [6.07, 6.45) is 3.60. The van der Waals surface area contributed by atoms with Crippen LogP contribution in [0.25, 0.3) is 0 Å². The summed E-state index contributed by atoms with van der Waals surface area (Å²) in [6.45, 7) is 3.12. The lowest BCUT2D eigenvalue weighted by Gasteiger charge is -2.15. The SMILES string of the molecule is CCCCNC(=O)C(CCCN=C(N)N)NC=O. The molecule has 0 aromatic rings. The van der Waals surface area contributed by atoms with Crippen LogP contribution in [-0.4, -0.2) is 37.4 Å². The topological polar surface area (TPSA) is 123 Å². The van der Waals surface area contributed by atoms with Crippen molar-refractivity contribution in [1.29, 1.82) is 0 Å². The molecule has 1 atom stereocenters. The van der Waals surface area contributed by atoms with Crippen LogP contribution in [0.1, 0.15) is 32.6 Å². The summed E-state index contributed by atoms with van der Waals surface area (Å²) >= 11 is 0. The van der Waals surface area contributed by atoms with Gasteiger partial charge in [0.2, 0.25) is 12.3 Å². The fourth-order valence-corrected chi connectivity index (χ4v) is 1.39. The summed E-state index contributed by atoms with van der Waals surface area (Å²) in [5.41, 5.74) is 10.4. The van der Waals surface area contributed by atoms with Gasteiger partial charge in [-0.3, -0.25) is 14.6 Å². The Morgan fingerprint density at radius 3 is 2.67 bits per heavy atom. The number of aliphatic imine (C=N–C) groups is 1. The minimum absolute atomic E-state index is 0.0299. The standard InChI is InChI=1S/C11H23N5O2/c1-2-3-6-14-10(18)9(16-8-17)5-4-7-15-11(12)13/h8-9H,2-7H2,1H3,(H,14,18)(H,16,17)(H4,12,13,15). The van der Waals surface area contributed by atoms with Crippen LogP contribution in [0.5, 0.6) is 0 Å². The van der Waals surface area contributed by atoms with Gasteiger partial charge >= 0.3 is 0 Å². The molecule has 0 radical (unpaired) electrons. The molecular formula is C11H23N5O2. The number of carbonyl (C=O) groups excluding carboxylic acids is 2. The van der Waals surface area contributed by atoms with E-state index in [1.54, 1.807) is 0 Å². The van der Waals surface area contributed by atoms with Crippen molar-refractivity contribution in [3.63, 3.8) is 0 Å². The van der Waals surface area contributed by atoms with Crippen molar-refractivity contribution in [3.05, 3.63) is 0 Å². The second-order valence-corrected chi connectivity index (χ2v) is 3.93. The summed E-state index contributed by atoms with van der Waals surface area (Å²) in [4.78, 5) is 26.0. The van der Waals surface area contributed by atoms with Gasteiger partial charge in [-0.05, 0) is 19.3 Å². The summed E-state index contributed by atoms with van der Waals surface area (Å²) in [6, 6.07) is -0.520. The van der Waals surface area contributed by atoms with Crippen LogP contribution in [0.4, 0.5) is 0 Å². The van der Waals surface area contributed by atoms with E-state index >= 15 is 0 Å². The fourth-order valence-electron chi connectivity index (χ4n) is 1.39. The lowest BCUT2D eigenvalue weighted by atomic mass is 10.1. The molecule has 0 fully saturated rings. The predicted molar refractivity (Wildman–Crippen MR) is 70.8 cm³/mol. The van der Waals surface area contributed by atoms with Gasteiger partial charge < -0.3 is 22.1 Å². The average Bonchev–Trinajstić information content (AvgIpc) is 2.33. The first-order valence-electron chi connectivity index (χ1n) is 6.14. The first-order valence-corrected chi connectivity index (χ1v) is 6.14. The Morgan fingerprint density at radius 1 is 1.39 bits per heavy atom. The largest absolute Gasteiger partial charge is 0.370 e. The molecule has 0 saturated carbocycles. The van der Waals surface area contributed by atoms with Crippen LogP contribution in [0, 0.1) is 0 Å². The Bertz CT molecular complexity index is 277. The maximum Gasteiger partial charge on any atom is 0.242 e. The summed E-state index contributed by atoms with van der Waals surface area (Å²) in [7, 11) is 0. The van der Waals surface area contributed by atoms with E-state index in [0.717, 1.165) is 12.8 Å². The van der Waals surface area contributed by atoms with Crippen molar-refractivity contribution in [2.75, 3.05) is 13.1 Å². The molecular weight excluding hydrogens is 234 g/mol. The predicted octanol–water partition coefficient (Wildman–Crippen LogP) is -0.929. The normalized spacial score (nSPS) is 11.4. The highest BCUT2D eigenvalue weighted by Crippen LogP contribution is 1.98. The molecule has 0 rings (SSSR count). The quantitative estimate of drug-likeness (QED) is 0.175. The Balaban J connectivity index is 4.00. The minimum Gasteiger partial charge on any atom is -0.370 e. The highest BCUT2D eigenvalue weighted by Gasteiger charge is 2.16. The van der Waals surface area contributed by atoms with Crippen LogP contribution in [0.15, 0.2) is 4.99 Å². The molecule has 0 aromatic heterocycles. The van der Waals surface area contributed by atoms with E-state index in [2.05, 4.69) is 15.6 Å². The van der Waals surface area contributed by atoms with Crippen LogP contribution in [-0.2, 0) is 9.59 Å². The van der Waals surface area contributed by atoms with Crippen LogP contribution < -0.4 is 22.1 Å². The van der Waals surface area contributed by atoms with Crippen LogP contribution >= 0.6 is 0 Å². The van der Waals surface area contributed by atoms with Crippen molar-refractivity contribution < 1.29 is 9.59 Å². The second-order valence-electron chi connectivity index (χ2n) is 3.93. The maximum atomic E-state index is 11.7.